The summed E-state index contributed by atoms with van der Waals surface area (Å²) in [4.78, 5) is 2.46. The van der Waals surface area contributed by atoms with Gasteiger partial charge in [0.15, 0.2) is 0 Å². The molecule has 0 spiro atoms. The number of rotatable bonds is 3. The lowest BCUT2D eigenvalue weighted by atomic mass is 9.88. The van der Waals surface area contributed by atoms with E-state index in [0.717, 1.165) is 19.5 Å². The summed E-state index contributed by atoms with van der Waals surface area (Å²) in [5.41, 5.74) is 0.0581. The third-order valence-electron chi connectivity index (χ3n) is 3.08. The first kappa shape index (κ1) is 11.0. The predicted octanol–water partition coefficient (Wildman–Crippen LogP) is 1.88. The van der Waals surface area contributed by atoms with Crippen molar-refractivity contribution in [1.82, 2.24) is 4.90 Å². The molecule has 1 atom stereocenters. The second-order valence-electron chi connectivity index (χ2n) is 4.95. The Morgan fingerprint density at radius 3 is 2.62 bits per heavy atom. The average molecular weight is 185 g/mol. The van der Waals surface area contributed by atoms with Crippen molar-refractivity contribution in [2.75, 3.05) is 19.7 Å². The lowest BCUT2D eigenvalue weighted by molar-refractivity contribution is 0.00493. The van der Waals surface area contributed by atoms with E-state index in [2.05, 4.69) is 25.7 Å². The molecular weight excluding hydrogens is 162 g/mol. The molecule has 1 saturated heterocycles. The van der Waals surface area contributed by atoms with E-state index in [9.17, 15) is 5.11 Å². The van der Waals surface area contributed by atoms with Gasteiger partial charge in [0.1, 0.15) is 0 Å². The predicted molar refractivity (Wildman–Crippen MR) is 55.8 cm³/mol. The van der Waals surface area contributed by atoms with Gasteiger partial charge in [-0.15, -0.1) is 0 Å². The molecule has 1 fully saturated rings. The number of aliphatic hydroxyl groups excluding tert-OH is 1. The van der Waals surface area contributed by atoms with Crippen molar-refractivity contribution < 1.29 is 5.11 Å². The molecule has 1 heterocycles. The quantitative estimate of drug-likeness (QED) is 0.725. The highest BCUT2D eigenvalue weighted by Gasteiger charge is 2.33. The number of nitrogens with zero attached hydrogens (tertiary/aromatic N) is 1. The van der Waals surface area contributed by atoms with Gasteiger partial charge >= 0.3 is 0 Å². The van der Waals surface area contributed by atoms with Crippen molar-refractivity contribution >= 4 is 0 Å². The molecule has 1 unspecified atom stereocenters. The van der Waals surface area contributed by atoms with Crippen LogP contribution in [-0.2, 0) is 0 Å². The monoisotopic (exact) mass is 185 g/mol. The van der Waals surface area contributed by atoms with Gasteiger partial charge in [0.25, 0.3) is 0 Å². The minimum absolute atomic E-state index is 0.0581. The summed E-state index contributed by atoms with van der Waals surface area (Å²) < 4.78 is 0. The fourth-order valence-electron chi connectivity index (χ4n) is 2.17. The summed E-state index contributed by atoms with van der Waals surface area (Å²) in [6.45, 7) is 9.26. The largest absolute Gasteiger partial charge is 0.394 e. The smallest absolute Gasteiger partial charge is 0.0612 e. The standard InChI is InChI=1S/C11H23NO/c1-10(2)8-12-7-5-4-6-11(12,3)9-13/h10,13H,4-9H2,1-3H3. The zero-order chi connectivity index (χ0) is 9.90. The Morgan fingerprint density at radius 2 is 2.08 bits per heavy atom. The SMILES string of the molecule is CC(C)CN1CCCCC1(C)CO. The number of hydrogen-bond donors (Lipinski definition) is 1. The van der Waals surface area contributed by atoms with Gasteiger partial charge < -0.3 is 5.11 Å². The number of likely N-dealkylation sites (tertiary alicyclic amines) is 1. The normalized spacial score (nSPS) is 31.2. The summed E-state index contributed by atoms with van der Waals surface area (Å²) in [7, 11) is 0. The molecule has 0 bridgehead atoms. The van der Waals surface area contributed by atoms with Crippen LogP contribution in [0.2, 0.25) is 0 Å². The van der Waals surface area contributed by atoms with E-state index in [1.807, 2.05) is 0 Å². The maximum atomic E-state index is 9.39. The maximum Gasteiger partial charge on any atom is 0.0612 e. The van der Waals surface area contributed by atoms with Gasteiger partial charge in [-0.25, -0.2) is 0 Å². The molecule has 1 rings (SSSR count). The van der Waals surface area contributed by atoms with E-state index in [1.165, 1.54) is 12.8 Å². The third kappa shape index (κ3) is 2.68. The number of hydrogen-bond acceptors (Lipinski definition) is 2. The van der Waals surface area contributed by atoms with Crippen molar-refractivity contribution in [2.45, 2.75) is 45.6 Å². The van der Waals surface area contributed by atoms with Crippen molar-refractivity contribution in [3.63, 3.8) is 0 Å². The van der Waals surface area contributed by atoms with E-state index in [-0.39, 0.29) is 5.54 Å². The van der Waals surface area contributed by atoms with Gasteiger partial charge in [-0.2, -0.15) is 0 Å². The van der Waals surface area contributed by atoms with Crippen LogP contribution >= 0.6 is 0 Å². The molecule has 13 heavy (non-hydrogen) atoms. The number of piperidine rings is 1. The van der Waals surface area contributed by atoms with Crippen LogP contribution in [0.25, 0.3) is 0 Å². The van der Waals surface area contributed by atoms with E-state index in [1.54, 1.807) is 0 Å². The summed E-state index contributed by atoms with van der Waals surface area (Å²) in [5, 5.41) is 9.39. The third-order valence-corrected chi connectivity index (χ3v) is 3.08. The first-order valence-electron chi connectivity index (χ1n) is 5.44. The number of aliphatic hydroxyl groups is 1. The molecule has 78 valence electrons. The molecule has 0 saturated carbocycles. The molecule has 2 nitrogen and oxygen atoms in total. The Balaban J connectivity index is 2.56. The molecule has 2 heteroatoms. The van der Waals surface area contributed by atoms with E-state index < -0.39 is 0 Å². The van der Waals surface area contributed by atoms with Crippen LogP contribution in [-0.4, -0.2) is 35.2 Å². The highest BCUT2D eigenvalue weighted by molar-refractivity contribution is 4.89. The molecule has 0 radical (unpaired) electrons. The molecule has 0 aromatic carbocycles. The highest BCUT2D eigenvalue weighted by atomic mass is 16.3. The molecule has 1 aliphatic rings. The van der Waals surface area contributed by atoms with Crippen molar-refractivity contribution in [3.8, 4) is 0 Å². The van der Waals surface area contributed by atoms with E-state index in [4.69, 9.17) is 0 Å². The van der Waals surface area contributed by atoms with Gasteiger partial charge in [0.05, 0.1) is 6.61 Å². The molecule has 0 aliphatic carbocycles. The fraction of sp³-hybridized carbons (Fsp3) is 1.00. The van der Waals surface area contributed by atoms with Gasteiger partial charge in [-0.3, -0.25) is 4.90 Å². The second kappa shape index (κ2) is 4.43. The van der Waals surface area contributed by atoms with Gasteiger partial charge in [0.2, 0.25) is 0 Å². The second-order valence-corrected chi connectivity index (χ2v) is 4.95. The summed E-state index contributed by atoms with van der Waals surface area (Å²) >= 11 is 0. The molecule has 0 aromatic heterocycles. The molecular formula is C11H23NO. The molecule has 0 amide bonds. The highest BCUT2D eigenvalue weighted by Crippen LogP contribution is 2.27. The van der Waals surface area contributed by atoms with Crippen LogP contribution in [0, 0.1) is 5.92 Å². The minimum Gasteiger partial charge on any atom is -0.394 e. The van der Waals surface area contributed by atoms with Crippen LogP contribution in [0.3, 0.4) is 0 Å². The zero-order valence-corrected chi connectivity index (χ0v) is 9.21. The van der Waals surface area contributed by atoms with E-state index >= 15 is 0 Å². The molecule has 1 N–H and O–H groups in total. The lowest BCUT2D eigenvalue weighted by Gasteiger charge is -2.44. The first-order valence-corrected chi connectivity index (χ1v) is 5.44. The summed E-state index contributed by atoms with van der Waals surface area (Å²) in [6.07, 6.45) is 3.71. The average Bonchev–Trinajstić information content (AvgIpc) is 2.09. The lowest BCUT2D eigenvalue weighted by Crippen LogP contribution is -2.53. The topological polar surface area (TPSA) is 23.5 Å². The fourth-order valence-corrected chi connectivity index (χ4v) is 2.17. The van der Waals surface area contributed by atoms with Crippen LogP contribution in [0.4, 0.5) is 0 Å². The van der Waals surface area contributed by atoms with E-state index in [0.29, 0.717) is 12.5 Å². The Bertz CT molecular complexity index is 158. The zero-order valence-electron chi connectivity index (χ0n) is 9.21. The van der Waals surface area contributed by atoms with Crippen LogP contribution < -0.4 is 0 Å². The summed E-state index contributed by atoms with van der Waals surface area (Å²) in [5.74, 6) is 0.698. The minimum atomic E-state index is 0.0581. The van der Waals surface area contributed by atoms with Gasteiger partial charge in [-0.1, -0.05) is 20.3 Å². The van der Waals surface area contributed by atoms with Gasteiger partial charge in [-0.05, 0) is 32.2 Å². The van der Waals surface area contributed by atoms with Crippen LogP contribution in [0.5, 0.6) is 0 Å². The Kier molecular flexibility index (Phi) is 3.74. The maximum absolute atomic E-state index is 9.39. The Morgan fingerprint density at radius 1 is 1.38 bits per heavy atom. The van der Waals surface area contributed by atoms with Crippen molar-refractivity contribution in [2.24, 2.45) is 5.92 Å². The molecule has 1 aliphatic heterocycles. The summed E-state index contributed by atoms with van der Waals surface area (Å²) in [6, 6.07) is 0. The van der Waals surface area contributed by atoms with Crippen LogP contribution in [0.1, 0.15) is 40.0 Å². The molecule has 0 aromatic rings. The van der Waals surface area contributed by atoms with Gasteiger partial charge in [0, 0.05) is 12.1 Å². The van der Waals surface area contributed by atoms with Crippen molar-refractivity contribution in [3.05, 3.63) is 0 Å². The van der Waals surface area contributed by atoms with Crippen molar-refractivity contribution in [1.29, 1.82) is 0 Å². The van der Waals surface area contributed by atoms with Crippen LogP contribution in [0.15, 0.2) is 0 Å². The first-order chi connectivity index (χ1) is 6.08. The Labute approximate surface area is 81.9 Å². The Hall–Kier alpha value is -0.0800.